The van der Waals surface area contributed by atoms with Crippen LogP contribution in [-0.2, 0) is 10.5 Å². The number of aryl methyl sites for hydroxylation is 1. The number of nitrogens with zero attached hydrogens (tertiary/aromatic N) is 2. The molecule has 0 aliphatic carbocycles. The SMILES string of the molecule is Cc1ccc2nc(CSCC(=O)NCC3CCCN3)cn2c1. The molecule has 0 radical (unpaired) electrons. The number of fused-ring (bicyclic) bond motifs is 1. The minimum absolute atomic E-state index is 0.110. The van der Waals surface area contributed by atoms with Crippen LogP contribution in [0.2, 0.25) is 0 Å². The molecule has 3 rings (SSSR count). The van der Waals surface area contributed by atoms with E-state index in [2.05, 4.69) is 34.8 Å². The van der Waals surface area contributed by atoms with Crippen LogP contribution in [0.5, 0.6) is 0 Å². The van der Waals surface area contributed by atoms with E-state index < -0.39 is 0 Å². The van der Waals surface area contributed by atoms with Gasteiger partial charge in [0.05, 0.1) is 11.4 Å². The van der Waals surface area contributed by atoms with Crippen LogP contribution in [0.15, 0.2) is 24.5 Å². The molecule has 1 aliphatic rings. The van der Waals surface area contributed by atoms with Crippen LogP contribution in [0.3, 0.4) is 0 Å². The van der Waals surface area contributed by atoms with Gasteiger partial charge in [0.2, 0.25) is 5.91 Å². The van der Waals surface area contributed by atoms with Crippen molar-refractivity contribution in [3.8, 4) is 0 Å². The molecule has 1 fully saturated rings. The largest absolute Gasteiger partial charge is 0.354 e. The van der Waals surface area contributed by atoms with Crippen molar-refractivity contribution in [2.75, 3.05) is 18.8 Å². The minimum Gasteiger partial charge on any atom is -0.354 e. The monoisotopic (exact) mass is 318 g/mol. The lowest BCUT2D eigenvalue weighted by molar-refractivity contribution is -0.118. The highest BCUT2D eigenvalue weighted by Crippen LogP contribution is 2.13. The molecule has 1 atom stereocenters. The number of carbonyl (C=O) groups excluding carboxylic acids is 1. The second-order valence-corrected chi connectivity index (χ2v) is 6.78. The molecule has 1 aliphatic heterocycles. The normalized spacial score (nSPS) is 18.0. The van der Waals surface area contributed by atoms with Crippen LogP contribution >= 0.6 is 11.8 Å². The Morgan fingerprint density at radius 2 is 2.41 bits per heavy atom. The summed E-state index contributed by atoms with van der Waals surface area (Å²) < 4.78 is 2.04. The standard InChI is InChI=1S/C16H22N4OS/c1-12-4-5-15-19-14(9-20(15)8-12)10-22-11-16(21)18-7-13-3-2-6-17-13/h4-5,8-9,13,17H,2-3,6-7,10-11H2,1H3,(H,18,21). The molecule has 118 valence electrons. The number of thioether (sulfide) groups is 1. The number of nitrogens with one attached hydrogen (secondary N) is 2. The van der Waals surface area contributed by atoms with E-state index in [0.29, 0.717) is 11.8 Å². The number of hydrogen-bond donors (Lipinski definition) is 2. The molecule has 2 aromatic heterocycles. The van der Waals surface area contributed by atoms with Gasteiger partial charge in [0.25, 0.3) is 0 Å². The van der Waals surface area contributed by atoms with Crippen molar-refractivity contribution in [2.24, 2.45) is 0 Å². The zero-order chi connectivity index (χ0) is 15.4. The maximum atomic E-state index is 11.8. The van der Waals surface area contributed by atoms with Gasteiger partial charge < -0.3 is 15.0 Å². The van der Waals surface area contributed by atoms with E-state index in [1.54, 1.807) is 11.8 Å². The van der Waals surface area contributed by atoms with Gasteiger partial charge in [-0.25, -0.2) is 4.98 Å². The molecule has 3 heterocycles. The van der Waals surface area contributed by atoms with Crippen molar-refractivity contribution in [1.29, 1.82) is 0 Å². The van der Waals surface area contributed by atoms with Crippen molar-refractivity contribution >= 4 is 23.3 Å². The van der Waals surface area contributed by atoms with Gasteiger partial charge in [-0.1, -0.05) is 6.07 Å². The first-order chi connectivity index (χ1) is 10.7. The van der Waals surface area contributed by atoms with Crippen molar-refractivity contribution in [3.05, 3.63) is 35.8 Å². The summed E-state index contributed by atoms with van der Waals surface area (Å²) in [5.41, 5.74) is 3.18. The Labute approximate surface area is 134 Å². The molecule has 0 bridgehead atoms. The van der Waals surface area contributed by atoms with E-state index in [-0.39, 0.29) is 5.91 Å². The van der Waals surface area contributed by atoms with Crippen LogP contribution in [0.1, 0.15) is 24.1 Å². The zero-order valence-corrected chi connectivity index (χ0v) is 13.7. The number of carbonyl (C=O) groups is 1. The fourth-order valence-electron chi connectivity index (χ4n) is 2.69. The first-order valence-electron chi connectivity index (χ1n) is 7.73. The van der Waals surface area contributed by atoms with E-state index in [1.165, 1.54) is 12.0 Å². The van der Waals surface area contributed by atoms with Gasteiger partial charge >= 0.3 is 0 Å². The molecule has 2 N–H and O–H groups in total. The summed E-state index contributed by atoms with van der Waals surface area (Å²) in [6, 6.07) is 4.53. The van der Waals surface area contributed by atoms with Gasteiger partial charge in [0.1, 0.15) is 5.65 Å². The lowest BCUT2D eigenvalue weighted by Gasteiger charge is -2.11. The quantitative estimate of drug-likeness (QED) is 0.852. The van der Waals surface area contributed by atoms with Crippen molar-refractivity contribution in [1.82, 2.24) is 20.0 Å². The van der Waals surface area contributed by atoms with E-state index in [9.17, 15) is 4.79 Å². The zero-order valence-electron chi connectivity index (χ0n) is 12.8. The maximum Gasteiger partial charge on any atom is 0.230 e. The van der Waals surface area contributed by atoms with Crippen molar-refractivity contribution in [2.45, 2.75) is 31.6 Å². The highest BCUT2D eigenvalue weighted by Gasteiger charge is 2.14. The summed E-state index contributed by atoms with van der Waals surface area (Å²) in [6.45, 7) is 3.88. The Hall–Kier alpha value is -1.53. The minimum atomic E-state index is 0.110. The number of pyridine rings is 1. The Bertz CT molecular complexity index is 649. The summed E-state index contributed by atoms with van der Waals surface area (Å²) >= 11 is 1.61. The first kappa shape index (κ1) is 15.4. The molecule has 0 saturated carbocycles. The fraction of sp³-hybridized carbons (Fsp3) is 0.500. The molecule has 1 saturated heterocycles. The molecular formula is C16H22N4OS. The topological polar surface area (TPSA) is 58.4 Å². The average Bonchev–Trinajstić information content (AvgIpc) is 3.13. The van der Waals surface area contributed by atoms with Crippen LogP contribution in [-0.4, -0.2) is 40.2 Å². The van der Waals surface area contributed by atoms with Crippen LogP contribution < -0.4 is 10.6 Å². The summed E-state index contributed by atoms with van der Waals surface area (Å²) in [5.74, 6) is 1.36. The van der Waals surface area contributed by atoms with E-state index in [4.69, 9.17) is 0 Å². The third kappa shape index (κ3) is 4.01. The fourth-order valence-corrected chi connectivity index (χ4v) is 3.43. The average molecular weight is 318 g/mol. The molecular weight excluding hydrogens is 296 g/mol. The number of amides is 1. The maximum absolute atomic E-state index is 11.8. The summed E-state index contributed by atoms with van der Waals surface area (Å²) in [4.78, 5) is 16.4. The first-order valence-corrected chi connectivity index (χ1v) is 8.88. The van der Waals surface area contributed by atoms with Crippen LogP contribution in [0.4, 0.5) is 0 Å². The van der Waals surface area contributed by atoms with E-state index in [0.717, 1.165) is 36.6 Å². The Morgan fingerprint density at radius 1 is 1.50 bits per heavy atom. The predicted molar refractivity (Wildman–Crippen MR) is 90.1 cm³/mol. The molecule has 0 spiro atoms. The number of rotatable bonds is 6. The Kier molecular flexibility index (Phi) is 5.00. The third-order valence-corrected chi connectivity index (χ3v) is 4.81. The second-order valence-electron chi connectivity index (χ2n) is 5.79. The van der Waals surface area contributed by atoms with Gasteiger partial charge in [-0.2, -0.15) is 0 Å². The van der Waals surface area contributed by atoms with Gasteiger partial charge in [0.15, 0.2) is 0 Å². The van der Waals surface area contributed by atoms with Gasteiger partial charge in [-0.3, -0.25) is 4.79 Å². The van der Waals surface area contributed by atoms with Crippen molar-refractivity contribution in [3.63, 3.8) is 0 Å². The lowest BCUT2D eigenvalue weighted by atomic mass is 10.2. The second kappa shape index (κ2) is 7.15. The molecule has 1 unspecified atom stereocenters. The van der Waals surface area contributed by atoms with Gasteiger partial charge in [0, 0.05) is 30.7 Å². The molecule has 0 aromatic carbocycles. The van der Waals surface area contributed by atoms with Crippen molar-refractivity contribution < 1.29 is 4.79 Å². The van der Waals surface area contributed by atoms with Gasteiger partial charge in [-0.15, -0.1) is 11.8 Å². The summed E-state index contributed by atoms with van der Waals surface area (Å²) in [5, 5.41) is 6.38. The molecule has 5 nitrogen and oxygen atoms in total. The van der Waals surface area contributed by atoms with E-state index >= 15 is 0 Å². The molecule has 22 heavy (non-hydrogen) atoms. The number of hydrogen-bond acceptors (Lipinski definition) is 4. The number of imidazole rings is 1. The summed E-state index contributed by atoms with van der Waals surface area (Å²) in [7, 11) is 0. The van der Waals surface area contributed by atoms with Crippen LogP contribution in [0.25, 0.3) is 5.65 Å². The smallest absolute Gasteiger partial charge is 0.230 e. The molecule has 2 aromatic rings. The third-order valence-electron chi connectivity index (χ3n) is 3.84. The van der Waals surface area contributed by atoms with E-state index in [1.807, 2.05) is 16.7 Å². The Balaban J connectivity index is 1.42. The van der Waals surface area contributed by atoms with Crippen LogP contribution in [0, 0.1) is 6.92 Å². The Morgan fingerprint density at radius 3 is 3.23 bits per heavy atom. The lowest BCUT2D eigenvalue weighted by Crippen LogP contribution is -2.37. The number of aromatic nitrogens is 2. The predicted octanol–water partition coefficient (Wildman–Crippen LogP) is 1.74. The highest BCUT2D eigenvalue weighted by molar-refractivity contribution is 7.99. The summed E-state index contributed by atoms with van der Waals surface area (Å²) in [6.07, 6.45) is 6.48. The van der Waals surface area contributed by atoms with Gasteiger partial charge in [-0.05, 0) is 37.9 Å². The molecule has 1 amide bonds. The highest BCUT2D eigenvalue weighted by atomic mass is 32.2. The molecule has 6 heteroatoms.